The molecule has 0 aliphatic carbocycles. The molecule has 6 heteroatoms. The maximum Gasteiger partial charge on any atom is 0.358 e. The van der Waals surface area contributed by atoms with Crippen LogP contribution in [0.5, 0.6) is 5.75 Å². The number of carboxylic acids is 1. The molecule has 1 aromatic heterocycles. The number of carboxylic acid groups (broad SMARTS) is 1. The molecule has 1 heterocycles. The number of halogens is 1. The fourth-order valence-electron chi connectivity index (χ4n) is 0.993. The van der Waals surface area contributed by atoms with Gasteiger partial charge in [0.25, 0.3) is 0 Å². The van der Waals surface area contributed by atoms with Gasteiger partial charge >= 0.3 is 5.97 Å². The van der Waals surface area contributed by atoms with Gasteiger partial charge in [-0.15, -0.1) is 0 Å². The Hall–Kier alpha value is -1.30. The van der Waals surface area contributed by atoms with Gasteiger partial charge in [-0.2, -0.15) is 0 Å². The van der Waals surface area contributed by atoms with E-state index in [1.807, 2.05) is 0 Å². The van der Waals surface area contributed by atoms with Crippen LogP contribution < -0.4 is 10.5 Å². The summed E-state index contributed by atoms with van der Waals surface area (Å²) in [6.07, 6.45) is 0. The Morgan fingerprint density at radius 1 is 1.64 bits per heavy atom. The molecule has 0 radical (unpaired) electrons. The van der Waals surface area contributed by atoms with E-state index in [1.165, 1.54) is 7.11 Å². The van der Waals surface area contributed by atoms with Crippen LogP contribution >= 0.6 is 15.9 Å². The number of rotatable bonds is 2. The van der Waals surface area contributed by atoms with Gasteiger partial charge in [0.05, 0.1) is 12.8 Å². The number of carbonyl (C=O) groups is 1. The number of aromatic nitrogens is 1. The number of ether oxygens (including phenoxy) is 1. The lowest BCUT2D eigenvalue weighted by atomic mass is 10.2. The summed E-state index contributed by atoms with van der Waals surface area (Å²) in [7, 11) is 1.35. The number of hydrogen-bond acceptors (Lipinski definition) is 4. The quantitative estimate of drug-likeness (QED) is 0.787. The van der Waals surface area contributed by atoms with E-state index in [-0.39, 0.29) is 17.1 Å². The average Bonchev–Trinajstić information content (AvgIpc) is 2.13. The third-order valence-electron chi connectivity index (χ3n) is 1.79. The number of hydrogen-bond donors (Lipinski definition) is 2. The molecule has 0 amide bonds. The van der Waals surface area contributed by atoms with Gasteiger partial charge in [-0.25, -0.2) is 9.78 Å². The monoisotopic (exact) mass is 260 g/mol. The summed E-state index contributed by atoms with van der Waals surface area (Å²) in [6.45, 7) is 1.72. The van der Waals surface area contributed by atoms with Gasteiger partial charge in [-0.3, -0.25) is 0 Å². The molecule has 0 bridgehead atoms. The molecule has 0 spiro atoms. The number of methoxy groups -OCH3 is 1. The van der Waals surface area contributed by atoms with Crippen LogP contribution in [0, 0.1) is 6.92 Å². The summed E-state index contributed by atoms with van der Waals surface area (Å²) < 4.78 is 5.29. The Morgan fingerprint density at radius 3 is 2.64 bits per heavy atom. The fraction of sp³-hybridized carbons (Fsp3) is 0.250. The van der Waals surface area contributed by atoms with Gasteiger partial charge in [-0.1, -0.05) is 0 Å². The molecule has 0 unspecified atom stereocenters. The molecule has 0 aliphatic heterocycles. The van der Waals surface area contributed by atoms with E-state index in [1.54, 1.807) is 6.92 Å². The minimum absolute atomic E-state index is 0.0956. The van der Waals surface area contributed by atoms with E-state index in [0.717, 1.165) is 0 Å². The topological polar surface area (TPSA) is 85.4 Å². The Labute approximate surface area is 89.0 Å². The summed E-state index contributed by atoms with van der Waals surface area (Å²) >= 11 is 3.12. The molecule has 0 aliphatic rings. The van der Waals surface area contributed by atoms with Crippen LogP contribution in [-0.2, 0) is 0 Å². The molecule has 0 fully saturated rings. The fourth-order valence-corrected chi connectivity index (χ4v) is 1.38. The number of pyridine rings is 1. The highest BCUT2D eigenvalue weighted by Gasteiger charge is 2.19. The molecule has 1 aromatic rings. The second-order valence-corrected chi connectivity index (χ2v) is 3.38. The van der Waals surface area contributed by atoms with E-state index in [2.05, 4.69) is 20.9 Å². The summed E-state index contributed by atoms with van der Waals surface area (Å²) in [4.78, 5) is 14.6. The Kier molecular flexibility index (Phi) is 2.95. The van der Waals surface area contributed by atoms with Crippen LogP contribution in [0.1, 0.15) is 16.1 Å². The lowest BCUT2D eigenvalue weighted by molar-refractivity contribution is 0.0686. The first-order valence-electron chi connectivity index (χ1n) is 3.71. The minimum Gasteiger partial charge on any atom is -0.492 e. The zero-order valence-electron chi connectivity index (χ0n) is 7.67. The first-order valence-corrected chi connectivity index (χ1v) is 4.51. The molecule has 3 N–H and O–H groups in total. The van der Waals surface area contributed by atoms with Crippen molar-refractivity contribution in [3.63, 3.8) is 0 Å². The number of nitrogens with zero attached hydrogens (tertiary/aromatic N) is 1. The van der Waals surface area contributed by atoms with Crippen LogP contribution in [0.15, 0.2) is 4.60 Å². The molecule has 0 aromatic carbocycles. The van der Waals surface area contributed by atoms with Gasteiger partial charge < -0.3 is 15.6 Å². The Balaban J connectivity index is 3.51. The number of nitrogens with two attached hydrogens (primary N) is 1. The molecule has 0 saturated heterocycles. The smallest absolute Gasteiger partial charge is 0.358 e. The molecule has 14 heavy (non-hydrogen) atoms. The first-order chi connectivity index (χ1) is 6.49. The lowest BCUT2D eigenvalue weighted by Crippen LogP contribution is -2.08. The third kappa shape index (κ3) is 1.65. The third-order valence-corrected chi connectivity index (χ3v) is 2.56. The largest absolute Gasteiger partial charge is 0.492 e. The lowest BCUT2D eigenvalue weighted by Gasteiger charge is -2.10. The number of aromatic carboxylic acids is 1. The van der Waals surface area contributed by atoms with E-state index in [9.17, 15) is 4.79 Å². The SMILES string of the molecule is COc1c(C(=O)O)nc(Br)c(C)c1N. The van der Waals surface area contributed by atoms with Gasteiger partial charge in [0.2, 0.25) is 0 Å². The predicted octanol–water partition coefficient (Wildman–Crippen LogP) is 1.44. The number of nitrogen functional groups attached to an aromatic ring is 1. The molecule has 0 atom stereocenters. The average molecular weight is 261 g/mol. The highest BCUT2D eigenvalue weighted by atomic mass is 79.9. The van der Waals surface area contributed by atoms with Gasteiger partial charge in [0, 0.05) is 5.56 Å². The second-order valence-electron chi connectivity index (χ2n) is 2.63. The van der Waals surface area contributed by atoms with Gasteiger partial charge in [-0.05, 0) is 22.9 Å². The summed E-state index contributed by atoms with van der Waals surface area (Å²) in [6, 6.07) is 0. The van der Waals surface area contributed by atoms with Crippen molar-refractivity contribution in [1.29, 1.82) is 0 Å². The number of anilines is 1. The maximum absolute atomic E-state index is 10.8. The van der Waals surface area contributed by atoms with Crippen molar-refractivity contribution in [1.82, 2.24) is 4.98 Å². The van der Waals surface area contributed by atoms with Crippen molar-refractivity contribution < 1.29 is 14.6 Å². The van der Waals surface area contributed by atoms with Crippen LogP contribution in [0.4, 0.5) is 5.69 Å². The summed E-state index contributed by atoms with van der Waals surface area (Å²) in [5.74, 6) is -1.08. The molecule has 76 valence electrons. The molecular formula is C8H9BrN2O3. The van der Waals surface area contributed by atoms with Crippen LogP contribution in [-0.4, -0.2) is 23.2 Å². The van der Waals surface area contributed by atoms with E-state index in [0.29, 0.717) is 10.2 Å². The maximum atomic E-state index is 10.8. The van der Waals surface area contributed by atoms with Crippen LogP contribution in [0.25, 0.3) is 0 Å². The Morgan fingerprint density at radius 2 is 2.21 bits per heavy atom. The van der Waals surface area contributed by atoms with E-state index >= 15 is 0 Å². The highest BCUT2D eigenvalue weighted by molar-refractivity contribution is 9.10. The summed E-state index contributed by atoms with van der Waals surface area (Å²) in [5.41, 5.74) is 6.43. The standard InChI is InChI=1S/C8H9BrN2O3/c1-3-4(10)6(14-2)5(8(12)13)11-7(3)9/h1-2H3,(H2,10,11)(H,12,13). The van der Waals surface area contributed by atoms with Crippen molar-refractivity contribution >= 4 is 27.6 Å². The second kappa shape index (κ2) is 3.83. The van der Waals surface area contributed by atoms with Crippen molar-refractivity contribution in [3.05, 3.63) is 15.9 Å². The highest BCUT2D eigenvalue weighted by Crippen LogP contribution is 2.32. The Bertz CT molecular complexity index is 393. The predicted molar refractivity (Wildman–Crippen MR) is 54.6 cm³/mol. The van der Waals surface area contributed by atoms with Crippen molar-refractivity contribution in [2.75, 3.05) is 12.8 Å². The van der Waals surface area contributed by atoms with Gasteiger partial charge in [0.1, 0.15) is 4.60 Å². The first kappa shape index (κ1) is 10.8. The van der Waals surface area contributed by atoms with Crippen molar-refractivity contribution in [2.24, 2.45) is 0 Å². The minimum atomic E-state index is -1.17. The van der Waals surface area contributed by atoms with Crippen molar-refractivity contribution in [2.45, 2.75) is 6.92 Å². The molecule has 5 nitrogen and oxygen atoms in total. The van der Waals surface area contributed by atoms with Crippen LogP contribution in [0.2, 0.25) is 0 Å². The van der Waals surface area contributed by atoms with E-state index < -0.39 is 5.97 Å². The van der Waals surface area contributed by atoms with Crippen molar-refractivity contribution in [3.8, 4) is 5.75 Å². The van der Waals surface area contributed by atoms with E-state index in [4.69, 9.17) is 15.6 Å². The zero-order valence-corrected chi connectivity index (χ0v) is 9.25. The zero-order chi connectivity index (χ0) is 10.9. The normalized spacial score (nSPS) is 9.93. The summed E-state index contributed by atoms with van der Waals surface area (Å²) in [5, 5.41) is 8.82. The van der Waals surface area contributed by atoms with Gasteiger partial charge in [0.15, 0.2) is 11.4 Å². The molecule has 0 saturated carbocycles. The van der Waals surface area contributed by atoms with Crippen LogP contribution in [0.3, 0.4) is 0 Å². The molecule has 1 rings (SSSR count). The molecular weight excluding hydrogens is 252 g/mol.